The van der Waals surface area contributed by atoms with Crippen LogP contribution < -0.4 is 10.2 Å². The predicted octanol–water partition coefficient (Wildman–Crippen LogP) is 3.80. The standard InChI is InChI=1S/C15H27N3S/c1-4-18(14-8-6-5-7-9-14)15-17-13(11-19-15)10-16-12(2)3/h11-12,14,16H,4-10H2,1-3H3. The van der Waals surface area contributed by atoms with Crippen LogP contribution in [0, 0.1) is 0 Å². The van der Waals surface area contributed by atoms with E-state index in [0.717, 1.165) is 19.1 Å². The molecule has 0 spiro atoms. The Balaban J connectivity index is 1.98. The van der Waals surface area contributed by atoms with E-state index in [2.05, 4.69) is 36.4 Å². The molecule has 4 heteroatoms. The molecule has 19 heavy (non-hydrogen) atoms. The molecule has 0 bridgehead atoms. The molecule has 1 aliphatic carbocycles. The Kier molecular flexibility index (Phi) is 5.64. The van der Waals surface area contributed by atoms with E-state index in [0.29, 0.717) is 6.04 Å². The van der Waals surface area contributed by atoms with Crippen LogP contribution in [0.25, 0.3) is 0 Å². The van der Waals surface area contributed by atoms with Gasteiger partial charge in [-0.2, -0.15) is 0 Å². The van der Waals surface area contributed by atoms with Crippen molar-refractivity contribution in [2.75, 3.05) is 11.4 Å². The van der Waals surface area contributed by atoms with Crippen molar-refractivity contribution in [2.45, 2.75) is 71.5 Å². The van der Waals surface area contributed by atoms with Gasteiger partial charge in [0, 0.05) is 30.6 Å². The van der Waals surface area contributed by atoms with E-state index in [4.69, 9.17) is 4.98 Å². The van der Waals surface area contributed by atoms with Gasteiger partial charge in [0.05, 0.1) is 5.69 Å². The van der Waals surface area contributed by atoms with E-state index in [-0.39, 0.29) is 0 Å². The number of aromatic nitrogens is 1. The number of thiazole rings is 1. The molecule has 0 amide bonds. The molecule has 1 aromatic heterocycles. The Morgan fingerprint density at radius 2 is 2.11 bits per heavy atom. The molecule has 0 aromatic carbocycles. The van der Waals surface area contributed by atoms with E-state index in [1.165, 1.54) is 42.9 Å². The molecule has 1 aromatic rings. The highest BCUT2D eigenvalue weighted by atomic mass is 32.1. The second-order valence-corrected chi connectivity index (χ2v) is 6.57. The summed E-state index contributed by atoms with van der Waals surface area (Å²) in [7, 11) is 0. The third-order valence-electron chi connectivity index (χ3n) is 3.83. The number of hydrogen-bond donors (Lipinski definition) is 1. The second-order valence-electron chi connectivity index (χ2n) is 5.73. The lowest BCUT2D eigenvalue weighted by Crippen LogP contribution is -2.36. The van der Waals surface area contributed by atoms with Gasteiger partial charge in [-0.25, -0.2) is 4.98 Å². The molecule has 1 saturated carbocycles. The van der Waals surface area contributed by atoms with E-state index >= 15 is 0 Å². The maximum absolute atomic E-state index is 4.81. The summed E-state index contributed by atoms with van der Waals surface area (Å²) in [4.78, 5) is 7.33. The van der Waals surface area contributed by atoms with Crippen LogP contribution in [0.4, 0.5) is 5.13 Å². The first kappa shape index (κ1) is 14.8. The average molecular weight is 281 g/mol. The van der Waals surface area contributed by atoms with Crippen molar-refractivity contribution in [3.05, 3.63) is 11.1 Å². The number of nitrogens with zero attached hydrogens (tertiary/aromatic N) is 2. The first-order valence-corrected chi connectivity index (χ1v) is 8.53. The summed E-state index contributed by atoms with van der Waals surface area (Å²) in [6.45, 7) is 8.56. The molecule has 0 atom stereocenters. The quantitative estimate of drug-likeness (QED) is 0.859. The van der Waals surface area contributed by atoms with Crippen LogP contribution in [-0.4, -0.2) is 23.6 Å². The van der Waals surface area contributed by atoms with Gasteiger partial charge >= 0.3 is 0 Å². The van der Waals surface area contributed by atoms with Crippen molar-refractivity contribution >= 4 is 16.5 Å². The molecule has 0 aliphatic heterocycles. The molecular weight excluding hydrogens is 254 g/mol. The molecular formula is C15H27N3S. The zero-order valence-corrected chi connectivity index (χ0v) is 13.3. The molecule has 3 nitrogen and oxygen atoms in total. The molecule has 0 radical (unpaired) electrons. The summed E-state index contributed by atoms with van der Waals surface area (Å²) < 4.78 is 0. The van der Waals surface area contributed by atoms with Gasteiger partial charge in [0.2, 0.25) is 0 Å². The van der Waals surface area contributed by atoms with E-state index in [1.54, 1.807) is 11.3 Å². The van der Waals surface area contributed by atoms with Gasteiger partial charge in [0.25, 0.3) is 0 Å². The van der Waals surface area contributed by atoms with Gasteiger partial charge in [0.15, 0.2) is 5.13 Å². The number of rotatable bonds is 6. The molecule has 1 N–H and O–H groups in total. The van der Waals surface area contributed by atoms with Crippen LogP contribution in [-0.2, 0) is 6.54 Å². The third kappa shape index (κ3) is 4.18. The maximum Gasteiger partial charge on any atom is 0.185 e. The minimum atomic E-state index is 0.519. The van der Waals surface area contributed by atoms with E-state index in [1.807, 2.05) is 0 Å². The second kappa shape index (κ2) is 7.25. The van der Waals surface area contributed by atoms with Gasteiger partial charge < -0.3 is 10.2 Å². The van der Waals surface area contributed by atoms with Crippen molar-refractivity contribution < 1.29 is 0 Å². The minimum Gasteiger partial charge on any atom is -0.345 e. The van der Waals surface area contributed by atoms with Crippen molar-refractivity contribution in [1.82, 2.24) is 10.3 Å². The molecule has 1 fully saturated rings. The monoisotopic (exact) mass is 281 g/mol. The molecule has 1 heterocycles. The van der Waals surface area contributed by atoms with Gasteiger partial charge in [0.1, 0.15) is 0 Å². The highest BCUT2D eigenvalue weighted by molar-refractivity contribution is 7.13. The van der Waals surface area contributed by atoms with Gasteiger partial charge in [-0.05, 0) is 19.8 Å². The topological polar surface area (TPSA) is 28.2 Å². The highest BCUT2D eigenvalue weighted by Crippen LogP contribution is 2.29. The summed E-state index contributed by atoms with van der Waals surface area (Å²) in [6.07, 6.45) is 6.86. The number of nitrogens with one attached hydrogen (secondary N) is 1. The Hall–Kier alpha value is -0.610. The fourth-order valence-corrected chi connectivity index (χ4v) is 3.72. The first-order chi connectivity index (χ1) is 9.20. The van der Waals surface area contributed by atoms with Crippen molar-refractivity contribution in [2.24, 2.45) is 0 Å². The lowest BCUT2D eigenvalue weighted by Gasteiger charge is -2.33. The Morgan fingerprint density at radius 3 is 2.74 bits per heavy atom. The van der Waals surface area contributed by atoms with Gasteiger partial charge in [-0.1, -0.05) is 33.1 Å². The van der Waals surface area contributed by atoms with Crippen molar-refractivity contribution in [3.63, 3.8) is 0 Å². The summed E-state index contributed by atoms with van der Waals surface area (Å²) in [5.41, 5.74) is 1.18. The highest BCUT2D eigenvalue weighted by Gasteiger charge is 2.22. The van der Waals surface area contributed by atoms with Crippen molar-refractivity contribution in [3.8, 4) is 0 Å². The van der Waals surface area contributed by atoms with Crippen LogP contribution >= 0.6 is 11.3 Å². The molecule has 2 rings (SSSR count). The lowest BCUT2D eigenvalue weighted by molar-refractivity contribution is 0.417. The Bertz CT molecular complexity index is 369. The first-order valence-electron chi connectivity index (χ1n) is 7.65. The zero-order valence-electron chi connectivity index (χ0n) is 12.5. The third-order valence-corrected chi connectivity index (χ3v) is 4.76. The van der Waals surface area contributed by atoms with Crippen LogP contribution in [0.5, 0.6) is 0 Å². The molecule has 108 valence electrons. The van der Waals surface area contributed by atoms with Gasteiger partial charge in [-0.15, -0.1) is 11.3 Å². The summed E-state index contributed by atoms with van der Waals surface area (Å²) in [5, 5.41) is 6.86. The van der Waals surface area contributed by atoms with Crippen LogP contribution in [0.3, 0.4) is 0 Å². The molecule has 1 aliphatic rings. The Labute approximate surface area is 121 Å². The lowest BCUT2D eigenvalue weighted by atomic mass is 9.94. The van der Waals surface area contributed by atoms with Crippen LogP contribution in [0.15, 0.2) is 5.38 Å². The minimum absolute atomic E-state index is 0.519. The fraction of sp³-hybridized carbons (Fsp3) is 0.800. The van der Waals surface area contributed by atoms with Gasteiger partial charge in [-0.3, -0.25) is 0 Å². The summed E-state index contributed by atoms with van der Waals surface area (Å²) in [5.74, 6) is 0. The largest absolute Gasteiger partial charge is 0.345 e. The summed E-state index contributed by atoms with van der Waals surface area (Å²) >= 11 is 1.80. The van der Waals surface area contributed by atoms with E-state index in [9.17, 15) is 0 Å². The molecule has 0 unspecified atom stereocenters. The van der Waals surface area contributed by atoms with Crippen LogP contribution in [0.2, 0.25) is 0 Å². The van der Waals surface area contributed by atoms with Crippen molar-refractivity contribution in [1.29, 1.82) is 0 Å². The number of hydrogen-bond acceptors (Lipinski definition) is 4. The average Bonchev–Trinajstić information content (AvgIpc) is 2.87. The predicted molar refractivity (Wildman–Crippen MR) is 84.0 cm³/mol. The smallest absolute Gasteiger partial charge is 0.185 e. The SMILES string of the molecule is CCN(c1nc(CNC(C)C)cs1)C1CCCCC1. The maximum atomic E-state index is 4.81. The summed E-state index contributed by atoms with van der Waals surface area (Å²) in [6, 6.07) is 1.24. The Morgan fingerprint density at radius 1 is 1.37 bits per heavy atom. The zero-order chi connectivity index (χ0) is 13.7. The van der Waals surface area contributed by atoms with Crippen LogP contribution in [0.1, 0.15) is 58.6 Å². The van der Waals surface area contributed by atoms with E-state index < -0.39 is 0 Å². The molecule has 0 saturated heterocycles. The fourth-order valence-electron chi connectivity index (χ4n) is 2.76. The normalized spacial score (nSPS) is 17.1. The number of anilines is 1.